The van der Waals surface area contributed by atoms with Crippen molar-refractivity contribution >= 4 is 29.0 Å². The van der Waals surface area contributed by atoms with Gasteiger partial charge in [-0.1, -0.05) is 28.9 Å². The molecule has 1 atom stereocenters. The Hall–Kier alpha value is -3.03. The highest BCUT2D eigenvalue weighted by atomic mass is 35.5. The number of ketones is 1. The number of amides is 1. The van der Waals surface area contributed by atoms with Crippen LogP contribution in [0.2, 0.25) is 5.02 Å². The maximum Gasteiger partial charge on any atom is 0.241 e. The molecule has 3 aromatic rings. The molecule has 1 saturated heterocycles. The van der Waals surface area contributed by atoms with Crippen LogP contribution in [0, 0.1) is 5.92 Å². The molecule has 2 aromatic carbocycles. The van der Waals surface area contributed by atoms with Crippen molar-refractivity contribution in [3.63, 3.8) is 0 Å². The van der Waals surface area contributed by atoms with Crippen LogP contribution in [0.3, 0.4) is 0 Å². The van der Waals surface area contributed by atoms with Gasteiger partial charge in [0.05, 0.1) is 12.5 Å². The van der Waals surface area contributed by atoms with Crippen molar-refractivity contribution in [1.29, 1.82) is 0 Å². The standard InChI is InChI=1S/C23H23ClN4O3/c1-15(29)17-4-2-6-20(12-17)25-23(30)18-5-3-11-28(13-18)14-21-26-22(27-31-21)16-7-9-19(24)10-8-16/h2,4,6-10,12,18H,3,5,11,13-14H2,1H3,(H,25,30). The number of nitrogens with zero attached hydrogens (tertiary/aromatic N) is 3. The van der Waals surface area contributed by atoms with E-state index < -0.39 is 0 Å². The van der Waals surface area contributed by atoms with Gasteiger partial charge in [-0.25, -0.2) is 0 Å². The Kier molecular flexibility index (Phi) is 6.44. The number of anilines is 1. The van der Waals surface area contributed by atoms with Crippen LogP contribution < -0.4 is 5.32 Å². The topological polar surface area (TPSA) is 88.3 Å². The van der Waals surface area contributed by atoms with Crippen LogP contribution in [0.5, 0.6) is 0 Å². The fraction of sp³-hybridized carbons (Fsp3) is 0.304. The molecule has 4 rings (SSSR count). The number of hydrogen-bond acceptors (Lipinski definition) is 6. The molecule has 0 bridgehead atoms. The van der Waals surface area contributed by atoms with Crippen LogP contribution in [-0.4, -0.2) is 39.8 Å². The molecule has 1 aliphatic heterocycles. The zero-order valence-electron chi connectivity index (χ0n) is 17.2. The lowest BCUT2D eigenvalue weighted by atomic mass is 9.97. The van der Waals surface area contributed by atoms with Crippen molar-refractivity contribution in [3.8, 4) is 11.4 Å². The van der Waals surface area contributed by atoms with Gasteiger partial charge >= 0.3 is 0 Å². The summed E-state index contributed by atoms with van der Waals surface area (Å²) in [4.78, 5) is 31.0. The molecule has 160 valence electrons. The molecular formula is C23H23ClN4O3. The number of aromatic nitrogens is 2. The van der Waals surface area contributed by atoms with Crippen LogP contribution in [0.25, 0.3) is 11.4 Å². The molecule has 0 aliphatic carbocycles. The van der Waals surface area contributed by atoms with Crippen molar-refractivity contribution in [1.82, 2.24) is 15.0 Å². The van der Waals surface area contributed by atoms with Gasteiger partial charge in [-0.15, -0.1) is 0 Å². The van der Waals surface area contributed by atoms with Crippen LogP contribution in [-0.2, 0) is 11.3 Å². The van der Waals surface area contributed by atoms with Gasteiger partial charge in [0.25, 0.3) is 0 Å². The highest BCUT2D eigenvalue weighted by Crippen LogP contribution is 2.23. The van der Waals surface area contributed by atoms with Crippen LogP contribution >= 0.6 is 11.6 Å². The number of halogens is 1. The zero-order chi connectivity index (χ0) is 21.8. The summed E-state index contributed by atoms with van der Waals surface area (Å²) in [5.41, 5.74) is 2.05. The molecule has 1 aromatic heterocycles. The fourth-order valence-electron chi connectivity index (χ4n) is 3.70. The molecule has 1 fully saturated rings. The number of benzene rings is 2. The molecular weight excluding hydrogens is 416 g/mol. The number of rotatable bonds is 6. The smallest absolute Gasteiger partial charge is 0.241 e. The number of piperidine rings is 1. The van der Waals surface area contributed by atoms with E-state index in [0.717, 1.165) is 24.9 Å². The maximum absolute atomic E-state index is 12.8. The zero-order valence-corrected chi connectivity index (χ0v) is 17.9. The number of Topliss-reactive ketones (excluding diaryl/α,β-unsaturated/α-hetero) is 1. The number of hydrogen-bond donors (Lipinski definition) is 1. The quantitative estimate of drug-likeness (QED) is 0.572. The van der Waals surface area contributed by atoms with Gasteiger partial charge in [-0.3, -0.25) is 14.5 Å². The Morgan fingerprint density at radius 3 is 2.81 bits per heavy atom. The second kappa shape index (κ2) is 9.41. The van der Waals surface area contributed by atoms with Crippen molar-refractivity contribution in [2.24, 2.45) is 5.92 Å². The predicted molar refractivity (Wildman–Crippen MR) is 118 cm³/mol. The SMILES string of the molecule is CC(=O)c1cccc(NC(=O)C2CCCN(Cc3nc(-c4ccc(Cl)cc4)no3)C2)c1. The monoisotopic (exact) mass is 438 g/mol. The number of carbonyl (C=O) groups is 2. The summed E-state index contributed by atoms with van der Waals surface area (Å²) in [5.74, 6) is 0.812. The minimum Gasteiger partial charge on any atom is -0.338 e. The third-order valence-corrected chi connectivity index (χ3v) is 5.59. The third-order valence-electron chi connectivity index (χ3n) is 5.34. The first-order valence-corrected chi connectivity index (χ1v) is 10.6. The van der Waals surface area contributed by atoms with Gasteiger partial charge in [0, 0.05) is 28.4 Å². The summed E-state index contributed by atoms with van der Waals surface area (Å²) in [6.45, 7) is 3.47. The molecule has 0 spiro atoms. The summed E-state index contributed by atoms with van der Waals surface area (Å²) in [6.07, 6.45) is 1.72. The molecule has 2 heterocycles. The Labute approximate surface area is 185 Å². The summed E-state index contributed by atoms with van der Waals surface area (Å²) in [5, 5.41) is 7.64. The number of nitrogens with one attached hydrogen (secondary N) is 1. The molecule has 0 saturated carbocycles. The maximum atomic E-state index is 12.8. The average molecular weight is 439 g/mol. The van der Waals surface area contributed by atoms with E-state index in [9.17, 15) is 9.59 Å². The Morgan fingerprint density at radius 2 is 2.03 bits per heavy atom. The Morgan fingerprint density at radius 1 is 1.23 bits per heavy atom. The lowest BCUT2D eigenvalue weighted by Gasteiger charge is -2.30. The summed E-state index contributed by atoms with van der Waals surface area (Å²) < 4.78 is 5.41. The first-order valence-electron chi connectivity index (χ1n) is 10.2. The van der Waals surface area contributed by atoms with Crippen molar-refractivity contribution in [2.75, 3.05) is 18.4 Å². The first-order chi connectivity index (χ1) is 15.0. The molecule has 1 unspecified atom stereocenters. The minimum absolute atomic E-state index is 0.0301. The van der Waals surface area contributed by atoms with E-state index in [1.807, 2.05) is 12.1 Å². The van der Waals surface area contributed by atoms with E-state index in [1.54, 1.807) is 36.4 Å². The molecule has 7 nitrogen and oxygen atoms in total. The number of likely N-dealkylation sites (tertiary alicyclic amines) is 1. The van der Waals surface area contributed by atoms with Gasteiger partial charge in [0.2, 0.25) is 17.6 Å². The second-order valence-corrected chi connectivity index (χ2v) is 8.16. The van der Waals surface area contributed by atoms with Crippen LogP contribution in [0.4, 0.5) is 5.69 Å². The van der Waals surface area contributed by atoms with E-state index in [2.05, 4.69) is 20.4 Å². The van der Waals surface area contributed by atoms with Crippen molar-refractivity contribution in [2.45, 2.75) is 26.3 Å². The van der Waals surface area contributed by atoms with Crippen LogP contribution in [0.15, 0.2) is 53.1 Å². The summed E-state index contributed by atoms with van der Waals surface area (Å²) in [7, 11) is 0. The van der Waals surface area contributed by atoms with E-state index >= 15 is 0 Å². The van der Waals surface area contributed by atoms with Gasteiger partial charge in [0.1, 0.15) is 0 Å². The largest absolute Gasteiger partial charge is 0.338 e. The van der Waals surface area contributed by atoms with Gasteiger partial charge in [-0.2, -0.15) is 4.98 Å². The van der Waals surface area contributed by atoms with E-state index in [0.29, 0.717) is 41.1 Å². The molecule has 0 radical (unpaired) electrons. The summed E-state index contributed by atoms with van der Waals surface area (Å²) in [6, 6.07) is 14.3. The van der Waals surface area contributed by atoms with Crippen molar-refractivity contribution in [3.05, 3.63) is 65.0 Å². The normalized spacial score (nSPS) is 16.8. The van der Waals surface area contributed by atoms with Gasteiger partial charge < -0.3 is 9.84 Å². The first kappa shape index (κ1) is 21.2. The van der Waals surface area contributed by atoms with E-state index in [-0.39, 0.29) is 17.6 Å². The molecule has 1 aliphatic rings. The Bertz CT molecular complexity index is 1080. The lowest BCUT2D eigenvalue weighted by Crippen LogP contribution is -2.40. The summed E-state index contributed by atoms with van der Waals surface area (Å²) >= 11 is 5.93. The fourth-order valence-corrected chi connectivity index (χ4v) is 3.83. The van der Waals surface area contributed by atoms with E-state index in [1.165, 1.54) is 6.92 Å². The average Bonchev–Trinajstić information content (AvgIpc) is 3.23. The highest BCUT2D eigenvalue weighted by Gasteiger charge is 2.27. The van der Waals surface area contributed by atoms with Gasteiger partial charge in [0.15, 0.2) is 5.78 Å². The van der Waals surface area contributed by atoms with E-state index in [4.69, 9.17) is 16.1 Å². The second-order valence-electron chi connectivity index (χ2n) is 7.72. The number of carbonyl (C=O) groups excluding carboxylic acids is 2. The van der Waals surface area contributed by atoms with Crippen LogP contribution in [0.1, 0.15) is 36.0 Å². The molecule has 1 N–H and O–H groups in total. The molecule has 1 amide bonds. The minimum atomic E-state index is -0.145. The third kappa shape index (κ3) is 5.37. The predicted octanol–water partition coefficient (Wildman–Crippen LogP) is 4.44. The molecule has 8 heteroatoms. The Balaban J connectivity index is 1.36. The lowest BCUT2D eigenvalue weighted by molar-refractivity contribution is -0.121. The van der Waals surface area contributed by atoms with Crippen molar-refractivity contribution < 1.29 is 14.1 Å². The highest BCUT2D eigenvalue weighted by molar-refractivity contribution is 6.30. The molecule has 31 heavy (non-hydrogen) atoms. The van der Waals surface area contributed by atoms with Gasteiger partial charge in [-0.05, 0) is 62.7 Å².